The number of carbonyl (C=O) groups excluding carboxylic acids is 1. The lowest BCUT2D eigenvalue weighted by Crippen LogP contribution is -2.37. The van der Waals surface area contributed by atoms with Crippen LogP contribution in [-0.4, -0.2) is 25.7 Å². The zero-order valence-electron chi connectivity index (χ0n) is 10.5. The third-order valence-corrected chi connectivity index (χ3v) is 2.61. The van der Waals surface area contributed by atoms with Gasteiger partial charge in [-0.15, -0.1) is 0 Å². The molecule has 1 unspecified atom stereocenters. The van der Waals surface area contributed by atoms with Crippen LogP contribution in [0.3, 0.4) is 0 Å². The number of carbonyl (C=O) groups is 1. The van der Waals surface area contributed by atoms with Crippen molar-refractivity contribution < 1.29 is 22.7 Å². The average molecular weight is 276 g/mol. The van der Waals surface area contributed by atoms with E-state index in [4.69, 9.17) is 5.73 Å². The summed E-state index contributed by atoms with van der Waals surface area (Å²) in [5, 5.41) is 2.62. The van der Waals surface area contributed by atoms with Gasteiger partial charge in [0.1, 0.15) is 6.04 Å². The summed E-state index contributed by atoms with van der Waals surface area (Å²) in [4.78, 5) is 11.3. The van der Waals surface area contributed by atoms with Gasteiger partial charge in [-0.2, -0.15) is 13.2 Å². The van der Waals surface area contributed by atoms with Gasteiger partial charge in [0, 0.05) is 12.2 Å². The summed E-state index contributed by atoms with van der Waals surface area (Å²) in [6.07, 6.45) is -4.44. The Balaban J connectivity index is 3.00. The highest BCUT2D eigenvalue weighted by molar-refractivity contribution is 5.79. The number of hydrogen-bond acceptors (Lipinski definition) is 4. The van der Waals surface area contributed by atoms with E-state index in [1.54, 1.807) is 0 Å². The van der Waals surface area contributed by atoms with Crippen LogP contribution in [-0.2, 0) is 15.7 Å². The smallest absolute Gasteiger partial charge is 0.416 e. The normalized spacial score (nSPS) is 12.9. The Bertz CT molecular complexity index is 461. The Morgan fingerprint density at radius 3 is 2.58 bits per heavy atom. The Labute approximate surface area is 108 Å². The van der Waals surface area contributed by atoms with Gasteiger partial charge in [-0.25, -0.2) is 4.79 Å². The number of hydrogen-bond donors (Lipinski definition) is 2. The van der Waals surface area contributed by atoms with Crippen molar-refractivity contribution in [3.8, 4) is 0 Å². The molecule has 19 heavy (non-hydrogen) atoms. The van der Waals surface area contributed by atoms with E-state index in [0.717, 1.165) is 6.07 Å². The van der Waals surface area contributed by atoms with Crippen LogP contribution in [0.5, 0.6) is 0 Å². The van der Waals surface area contributed by atoms with E-state index in [1.807, 2.05) is 0 Å². The van der Waals surface area contributed by atoms with Gasteiger partial charge in [-0.3, -0.25) is 0 Å². The second kappa shape index (κ2) is 5.92. The molecule has 0 spiro atoms. The fourth-order valence-electron chi connectivity index (χ4n) is 1.57. The molecule has 0 bridgehead atoms. The predicted octanol–water partition coefficient (Wildman–Crippen LogP) is 1.93. The molecule has 1 rings (SSSR count). The number of aryl methyl sites for hydroxylation is 1. The molecule has 1 aromatic carbocycles. The van der Waals surface area contributed by atoms with Crippen LogP contribution < -0.4 is 11.1 Å². The van der Waals surface area contributed by atoms with Crippen LogP contribution in [0.2, 0.25) is 0 Å². The summed E-state index contributed by atoms with van der Waals surface area (Å²) in [6.45, 7) is 1.29. The molecular formula is C12H15F3N2O2. The third-order valence-electron chi connectivity index (χ3n) is 2.61. The maximum atomic E-state index is 12.7. The lowest BCUT2D eigenvalue weighted by Gasteiger charge is -2.18. The molecule has 3 N–H and O–H groups in total. The molecule has 0 heterocycles. The van der Waals surface area contributed by atoms with Crippen LogP contribution in [0.4, 0.5) is 18.9 Å². The van der Waals surface area contributed by atoms with E-state index in [1.165, 1.54) is 26.2 Å². The third kappa shape index (κ3) is 3.85. The number of methoxy groups -OCH3 is 1. The Morgan fingerprint density at radius 2 is 2.11 bits per heavy atom. The first-order valence-corrected chi connectivity index (χ1v) is 5.52. The van der Waals surface area contributed by atoms with Crippen LogP contribution >= 0.6 is 0 Å². The summed E-state index contributed by atoms with van der Waals surface area (Å²) >= 11 is 0. The molecular weight excluding hydrogens is 261 g/mol. The minimum atomic E-state index is -4.44. The van der Waals surface area contributed by atoms with Crippen molar-refractivity contribution in [1.29, 1.82) is 0 Å². The van der Waals surface area contributed by atoms with E-state index in [-0.39, 0.29) is 17.8 Å². The average Bonchev–Trinajstić information content (AvgIpc) is 2.35. The standard InChI is InChI=1S/C12H15F3N2O2/c1-7-3-4-8(5-9(7)12(13,14)15)17-10(6-16)11(18)19-2/h3-5,10,17H,6,16H2,1-2H3. The number of benzene rings is 1. The first-order valence-electron chi connectivity index (χ1n) is 5.52. The van der Waals surface area contributed by atoms with Gasteiger partial charge in [0.2, 0.25) is 0 Å². The van der Waals surface area contributed by atoms with Crippen molar-refractivity contribution in [3.05, 3.63) is 29.3 Å². The minimum absolute atomic E-state index is 0.0814. The monoisotopic (exact) mass is 276 g/mol. The molecule has 0 aromatic heterocycles. The van der Waals surface area contributed by atoms with E-state index in [0.29, 0.717) is 0 Å². The van der Waals surface area contributed by atoms with Crippen LogP contribution in [0.1, 0.15) is 11.1 Å². The molecule has 0 aliphatic heterocycles. The molecule has 0 saturated heterocycles. The van der Waals surface area contributed by atoms with Gasteiger partial charge in [-0.1, -0.05) is 6.07 Å². The summed E-state index contributed by atoms with van der Waals surface area (Å²) < 4.78 is 42.7. The van der Waals surface area contributed by atoms with Crippen molar-refractivity contribution in [2.75, 3.05) is 19.0 Å². The maximum absolute atomic E-state index is 12.7. The highest BCUT2D eigenvalue weighted by atomic mass is 19.4. The second-order valence-electron chi connectivity index (χ2n) is 3.98. The number of rotatable bonds is 4. The van der Waals surface area contributed by atoms with Crippen molar-refractivity contribution in [3.63, 3.8) is 0 Å². The number of nitrogens with one attached hydrogen (secondary N) is 1. The summed E-state index contributed by atoms with van der Waals surface area (Å²) in [5.74, 6) is -0.628. The lowest BCUT2D eigenvalue weighted by atomic mass is 10.1. The minimum Gasteiger partial charge on any atom is -0.467 e. The molecule has 0 radical (unpaired) electrons. The summed E-state index contributed by atoms with van der Waals surface area (Å²) in [6, 6.07) is 2.85. The van der Waals surface area contributed by atoms with Crippen molar-refractivity contribution >= 4 is 11.7 Å². The Kier molecular flexibility index (Phi) is 4.77. The lowest BCUT2D eigenvalue weighted by molar-refractivity contribution is -0.141. The topological polar surface area (TPSA) is 64.3 Å². The first kappa shape index (κ1) is 15.3. The van der Waals surface area contributed by atoms with E-state index >= 15 is 0 Å². The molecule has 0 aliphatic carbocycles. The zero-order chi connectivity index (χ0) is 14.6. The molecule has 0 amide bonds. The molecule has 1 atom stereocenters. The van der Waals surface area contributed by atoms with Gasteiger partial charge in [0.15, 0.2) is 0 Å². The summed E-state index contributed by atoms with van der Waals surface area (Å²) in [5.41, 5.74) is 4.89. The fourth-order valence-corrected chi connectivity index (χ4v) is 1.57. The van der Waals surface area contributed by atoms with Gasteiger partial charge in [0.05, 0.1) is 12.7 Å². The number of ether oxygens (including phenoxy) is 1. The SMILES string of the molecule is COC(=O)C(CN)Nc1ccc(C)c(C(F)(F)F)c1. The van der Waals surface area contributed by atoms with Crippen LogP contribution in [0.25, 0.3) is 0 Å². The Hall–Kier alpha value is -1.76. The van der Waals surface area contributed by atoms with Gasteiger partial charge >= 0.3 is 12.1 Å². The maximum Gasteiger partial charge on any atom is 0.416 e. The number of alkyl halides is 3. The molecule has 1 aromatic rings. The molecule has 0 fully saturated rings. The first-order chi connectivity index (χ1) is 8.79. The highest BCUT2D eigenvalue weighted by Gasteiger charge is 2.32. The quantitative estimate of drug-likeness (QED) is 0.825. The fraction of sp³-hybridized carbons (Fsp3) is 0.417. The van der Waals surface area contributed by atoms with E-state index in [2.05, 4.69) is 10.1 Å². The number of nitrogens with two attached hydrogens (primary N) is 1. The summed E-state index contributed by atoms with van der Waals surface area (Å²) in [7, 11) is 1.18. The van der Waals surface area contributed by atoms with Gasteiger partial charge < -0.3 is 15.8 Å². The van der Waals surface area contributed by atoms with Crippen LogP contribution in [0, 0.1) is 6.92 Å². The molecule has 4 nitrogen and oxygen atoms in total. The van der Waals surface area contributed by atoms with Crippen molar-refractivity contribution in [2.24, 2.45) is 5.73 Å². The van der Waals surface area contributed by atoms with Gasteiger partial charge in [0.25, 0.3) is 0 Å². The van der Waals surface area contributed by atoms with Gasteiger partial charge in [-0.05, 0) is 24.6 Å². The Morgan fingerprint density at radius 1 is 1.47 bits per heavy atom. The number of anilines is 1. The number of halogens is 3. The van der Waals surface area contributed by atoms with Crippen LogP contribution in [0.15, 0.2) is 18.2 Å². The zero-order valence-corrected chi connectivity index (χ0v) is 10.5. The van der Waals surface area contributed by atoms with E-state index < -0.39 is 23.8 Å². The van der Waals surface area contributed by atoms with Crippen molar-refractivity contribution in [1.82, 2.24) is 0 Å². The largest absolute Gasteiger partial charge is 0.467 e. The molecule has 106 valence electrons. The highest BCUT2D eigenvalue weighted by Crippen LogP contribution is 2.33. The predicted molar refractivity (Wildman–Crippen MR) is 64.7 cm³/mol. The number of esters is 1. The molecule has 0 saturated carbocycles. The molecule has 7 heteroatoms. The van der Waals surface area contributed by atoms with E-state index in [9.17, 15) is 18.0 Å². The molecule has 0 aliphatic rings. The second-order valence-corrected chi connectivity index (χ2v) is 3.98. The van der Waals surface area contributed by atoms with Crippen molar-refractivity contribution in [2.45, 2.75) is 19.1 Å².